The summed E-state index contributed by atoms with van der Waals surface area (Å²) in [5, 5.41) is 10.7. The van der Waals surface area contributed by atoms with E-state index in [1.54, 1.807) is 6.20 Å². The Morgan fingerprint density at radius 2 is 2.33 bits per heavy atom. The normalized spacial score (nSPS) is 22.5. The molecule has 0 saturated carbocycles. The molecule has 1 amide bonds. The Morgan fingerprint density at radius 3 is 3.11 bits per heavy atom. The number of benzene rings is 1. The molecule has 4 N–H and O–H groups in total. The summed E-state index contributed by atoms with van der Waals surface area (Å²) in [6.45, 7) is 0. The van der Waals surface area contributed by atoms with Crippen LogP contribution in [0, 0.1) is 5.92 Å². The summed E-state index contributed by atoms with van der Waals surface area (Å²) in [7, 11) is 0. The van der Waals surface area contributed by atoms with Crippen LogP contribution in [-0.2, 0) is 4.79 Å². The maximum atomic E-state index is 12.0. The largest absolute Gasteiger partial charge is 0.326 e. The zero-order valence-electron chi connectivity index (χ0n) is 9.76. The van der Waals surface area contributed by atoms with Gasteiger partial charge in [0.1, 0.15) is 0 Å². The predicted octanol–water partition coefficient (Wildman–Crippen LogP) is 1.40. The van der Waals surface area contributed by atoms with E-state index in [4.69, 9.17) is 5.73 Å². The lowest BCUT2D eigenvalue weighted by molar-refractivity contribution is -0.118. The monoisotopic (exact) mass is 242 g/mol. The molecule has 0 aliphatic heterocycles. The van der Waals surface area contributed by atoms with Crippen LogP contribution >= 0.6 is 0 Å². The van der Waals surface area contributed by atoms with Gasteiger partial charge in [0.2, 0.25) is 5.91 Å². The van der Waals surface area contributed by atoms with E-state index in [-0.39, 0.29) is 17.9 Å². The minimum Gasteiger partial charge on any atom is -0.326 e. The molecule has 1 aliphatic rings. The zero-order valence-corrected chi connectivity index (χ0v) is 9.76. The molecule has 1 heterocycles. The first kappa shape index (κ1) is 11.0. The second-order valence-electron chi connectivity index (χ2n) is 4.55. The number of nitrogens with two attached hydrogens (primary N) is 1. The maximum absolute atomic E-state index is 12.0. The molecule has 3 rings (SSSR count). The lowest BCUT2D eigenvalue weighted by Gasteiger charge is -2.10. The van der Waals surface area contributed by atoms with Crippen LogP contribution in [0.3, 0.4) is 0 Å². The molecule has 0 fully saturated rings. The van der Waals surface area contributed by atoms with Gasteiger partial charge in [-0.05, 0) is 24.6 Å². The summed E-state index contributed by atoms with van der Waals surface area (Å²) >= 11 is 0. The van der Waals surface area contributed by atoms with Crippen LogP contribution in [0.1, 0.15) is 6.42 Å². The summed E-state index contributed by atoms with van der Waals surface area (Å²) in [6.07, 6.45) is 6.16. The first-order valence-corrected chi connectivity index (χ1v) is 5.90. The van der Waals surface area contributed by atoms with Gasteiger partial charge in [0.15, 0.2) is 0 Å². The third kappa shape index (κ3) is 2.00. The van der Waals surface area contributed by atoms with Gasteiger partial charge in [0.05, 0.1) is 17.6 Å². The summed E-state index contributed by atoms with van der Waals surface area (Å²) in [5.41, 5.74) is 7.47. The Kier molecular flexibility index (Phi) is 2.60. The molecular formula is C13H14N4O. The van der Waals surface area contributed by atoms with Crippen LogP contribution in [0.2, 0.25) is 0 Å². The fraction of sp³-hybridized carbons (Fsp3) is 0.231. The number of anilines is 1. The van der Waals surface area contributed by atoms with Crippen molar-refractivity contribution >= 4 is 22.5 Å². The van der Waals surface area contributed by atoms with Gasteiger partial charge >= 0.3 is 0 Å². The molecule has 5 nitrogen and oxygen atoms in total. The Morgan fingerprint density at radius 1 is 1.44 bits per heavy atom. The Labute approximate surface area is 104 Å². The third-order valence-corrected chi connectivity index (χ3v) is 3.16. The molecule has 0 radical (unpaired) electrons. The molecule has 2 unspecified atom stereocenters. The van der Waals surface area contributed by atoms with E-state index in [2.05, 4.69) is 15.5 Å². The number of amides is 1. The SMILES string of the molecule is NC1C=CC(C(=O)Nc2ccc3[nH]ncc3c2)C1. The van der Waals surface area contributed by atoms with Crippen molar-refractivity contribution in [1.29, 1.82) is 0 Å². The number of hydrogen-bond donors (Lipinski definition) is 3. The number of carbonyl (C=O) groups excluding carboxylic acids is 1. The Bertz CT molecular complexity index is 616. The van der Waals surface area contributed by atoms with Crippen LogP contribution in [0.15, 0.2) is 36.5 Å². The van der Waals surface area contributed by atoms with E-state index in [0.717, 1.165) is 16.6 Å². The van der Waals surface area contributed by atoms with Gasteiger partial charge in [-0.15, -0.1) is 0 Å². The van der Waals surface area contributed by atoms with Crippen molar-refractivity contribution < 1.29 is 4.79 Å². The Hall–Kier alpha value is -2.14. The fourth-order valence-corrected chi connectivity index (χ4v) is 2.18. The molecule has 2 atom stereocenters. The van der Waals surface area contributed by atoms with Gasteiger partial charge in [-0.2, -0.15) is 5.10 Å². The highest BCUT2D eigenvalue weighted by atomic mass is 16.1. The number of nitrogens with one attached hydrogen (secondary N) is 2. The lowest BCUT2D eigenvalue weighted by atomic mass is 10.1. The van der Waals surface area contributed by atoms with Crippen LogP contribution < -0.4 is 11.1 Å². The van der Waals surface area contributed by atoms with E-state index < -0.39 is 0 Å². The number of H-pyrrole nitrogens is 1. The molecule has 92 valence electrons. The summed E-state index contributed by atoms with van der Waals surface area (Å²) in [6, 6.07) is 5.65. The Balaban J connectivity index is 1.75. The minimum absolute atomic E-state index is 0.00268. The van der Waals surface area contributed by atoms with E-state index in [1.165, 1.54) is 0 Å². The molecular weight excluding hydrogens is 228 g/mol. The zero-order chi connectivity index (χ0) is 12.5. The molecule has 1 aromatic heterocycles. The molecule has 2 aromatic rings. The summed E-state index contributed by atoms with van der Waals surface area (Å²) in [4.78, 5) is 12.0. The van der Waals surface area contributed by atoms with Gasteiger partial charge in [-0.25, -0.2) is 0 Å². The average Bonchev–Trinajstić information content (AvgIpc) is 2.96. The minimum atomic E-state index is -0.125. The number of hydrogen-bond acceptors (Lipinski definition) is 3. The third-order valence-electron chi connectivity index (χ3n) is 3.16. The van der Waals surface area contributed by atoms with Gasteiger partial charge in [0, 0.05) is 17.1 Å². The summed E-state index contributed by atoms with van der Waals surface area (Å²) in [5.74, 6) is -0.137. The summed E-state index contributed by atoms with van der Waals surface area (Å²) < 4.78 is 0. The van der Waals surface area contributed by atoms with Crippen LogP contribution in [0.5, 0.6) is 0 Å². The predicted molar refractivity (Wildman–Crippen MR) is 69.9 cm³/mol. The van der Waals surface area contributed by atoms with E-state index >= 15 is 0 Å². The number of nitrogens with zero attached hydrogens (tertiary/aromatic N) is 1. The maximum Gasteiger partial charge on any atom is 0.231 e. The van der Waals surface area contributed by atoms with Crippen LogP contribution in [0.25, 0.3) is 10.9 Å². The molecule has 18 heavy (non-hydrogen) atoms. The molecule has 5 heteroatoms. The number of carbonyl (C=O) groups is 1. The highest BCUT2D eigenvalue weighted by molar-refractivity contribution is 5.96. The fourth-order valence-electron chi connectivity index (χ4n) is 2.18. The first-order chi connectivity index (χ1) is 8.72. The highest BCUT2D eigenvalue weighted by Gasteiger charge is 2.22. The van der Waals surface area contributed by atoms with Crippen LogP contribution in [-0.4, -0.2) is 22.1 Å². The smallest absolute Gasteiger partial charge is 0.231 e. The topological polar surface area (TPSA) is 83.8 Å². The molecule has 1 aromatic carbocycles. The van der Waals surface area contributed by atoms with Crippen molar-refractivity contribution in [3.05, 3.63) is 36.5 Å². The standard InChI is InChI=1S/C13H14N4O/c14-10-2-1-8(5-10)13(18)16-11-3-4-12-9(6-11)7-15-17-12/h1-4,6-8,10H,5,14H2,(H,15,17)(H,16,18). The van der Waals surface area contributed by atoms with Crippen molar-refractivity contribution in [2.45, 2.75) is 12.5 Å². The average molecular weight is 242 g/mol. The number of rotatable bonds is 2. The number of aromatic nitrogens is 2. The van der Waals surface area contributed by atoms with Gasteiger partial charge in [0.25, 0.3) is 0 Å². The van der Waals surface area contributed by atoms with Crippen molar-refractivity contribution in [1.82, 2.24) is 10.2 Å². The van der Waals surface area contributed by atoms with E-state index in [9.17, 15) is 4.79 Å². The molecule has 0 spiro atoms. The lowest BCUT2D eigenvalue weighted by Crippen LogP contribution is -2.23. The van der Waals surface area contributed by atoms with E-state index in [1.807, 2.05) is 30.4 Å². The molecule has 0 bridgehead atoms. The second-order valence-corrected chi connectivity index (χ2v) is 4.55. The quantitative estimate of drug-likeness (QED) is 0.696. The van der Waals surface area contributed by atoms with Gasteiger partial charge in [-0.1, -0.05) is 12.2 Å². The molecule has 1 aliphatic carbocycles. The van der Waals surface area contributed by atoms with Crippen LogP contribution in [0.4, 0.5) is 5.69 Å². The first-order valence-electron chi connectivity index (χ1n) is 5.90. The van der Waals surface area contributed by atoms with Gasteiger partial charge < -0.3 is 11.1 Å². The van der Waals surface area contributed by atoms with Crippen molar-refractivity contribution in [3.63, 3.8) is 0 Å². The second kappa shape index (κ2) is 4.27. The molecule has 0 saturated heterocycles. The van der Waals surface area contributed by atoms with Crippen molar-refractivity contribution in [2.24, 2.45) is 11.7 Å². The van der Waals surface area contributed by atoms with Gasteiger partial charge in [-0.3, -0.25) is 9.89 Å². The van der Waals surface area contributed by atoms with Crippen molar-refractivity contribution in [3.8, 4) is 0 Å². The van der Waals surface area contributed by atoms with Crippen molar-refractivity contribution in [2.75, 3.05) is 5.32 Å². The number of aromatic amines is 1. The van der Waals surface area contributed by atoms with E-state index in [0.29, 0.717) is 6.42 Å². The highest BCUT2D eigenvalue weighted by Crippen LogP contribution is 2.21. The number of fused-ring (bicyclic) bond motifs is 1.